The van der Waals surface area contributed by atoms with Crippen molar-refractivity contribution >= 4 is 24.6 Å². The van der Waals surface area contributed by atoms with Gasteiger partial charge in [-0.3, -0.25) is 14.6 Å². The zero-order valence-corrected chi connectivity index (χ0v) is 31.7. The van der Waals surface area contributed by atoms with Gasteiger partial charge in [0.15, 0.2) is 34.5 Å². The Hall–Kier alpha value is -4.88. The van der Waals surface area contributed by atoms with Gasteiger partial charge in [0, 0.05) is 53.1 Å². The lowest BCUT2D eigenvalue weighted by Gasteiger charge is -2.61. The average molecular weight is 759 g/mol. The molecule has 3 aromatic rings. The summed E-state index contributed by atoms with van der Waals surface area (Å²) in [5, 5.41) is 35.9. The number of likely N-dealkylation sites (N-methyl/N-ethyl adjacent to an activating group) is 1. The number of nitriles is 1. The van der Waals surface area contributed by atoms with Gasteiger partial charge in [-0.25, -0.2) is 4.79 Å². The Bertz CT molecular complexity index is 2140. The maximum Gasteiger partial charge on any atom is 0.327 e. The van der Waals surface area contributed by atoms with Gasteiger partial charge >= 0.3 is 11.9 Å². The molecule has 54 heavy (non-hydrogen) atoms. The third kappa shape index (κ3) is 5.25. The number of nitrogens with zero attached hydrogens (tertiary/aromatic N) is 3. The molecule has 0 amide bonds. The molecule has 1 fully saturated rings. The minimum absolute atomic E-state index is 0.0121. The highest BCUT2D eigenvalue weighted by atomic mass is 32.1. The van der Waals surface area contributed by atoms with E-state index in [9.17, 15) is 25.1 Å². The SMILES string of the molecule is COc1cc2c(cc1O)CCNC2C(=O)OCC1c2c3c(c(C)c(OC(C)=O)c2C(S)C2C4c5c(cc(C)c(OC)c5O)CC(C(C#N)N12)N4C)OCO3. The fraction of sp³-hybridized carbons (Fsp3) is 0.462. The van der Waals surface area contributed by atoms with Gasteiger partial charge in [0.25, 0.3) is 0 Å². The zero-order chi connectivity index (χ0) is 38.3. The number of aryl methyl sites for hydroxylation is 1. The summed E-state index contributed by atoms with van der Waals surface area (Å²) in [6, 6.07) is 3.95. The van der Waals surface area contributed by atoms with E-state index in [4.69, 9.17) is 41.0 Å². The molecule has 5 aliphatic rings. The van der Waals surface area contributed by atoms with Crippen LogP contribution in [-0.2, 0) is 27.2 Å². The fourth-order valence-corrected chi connectivity index (χ4v) is 10.0. The number of carbonyl (C=O) groups is 2. The summed E-state index contributed by atoms with van der Waals surface area (Å²) in [5.41, 5.74) is 5.40. The first-order chi connectivity index (χ1) is 25.9. The van der Waals surface area contributed by atoms with Crippen molar-refractivity contribution in [3.05, 3.63) is 62.7 Å². The summed E-state index contributed by atoms with van der Waals surface area (Å²) in [4.78, 5) is 31.0. The summed E-state index contributed by atoms with van der Waals surface area (Å²) in [6.45, 7) is 5.13. The Morgan fingerprint density at radius 3 is 2.52 bits per heavy atom. The molecule has 0 aromatic heterocycles. The van der Waals surface area contributed by atoms with Gasteiger partial charge in [-0.15, -0.1) is 0 Å². The van der Waals surface area contributed by atoms with Crippen molar-refractivity contribution in [2.45, 2.75) is 75.1 Å². The summed E-state index contributed by atoms with van der Waals surface area (Å²) in [6.07, 6.45) is 1.05. The lowest BCUT2D eigenvalue weighted by molar-refractivity contribution is -0.152. The van der Waals surface area contributed by atoms with E-state index in [-0.39, 0.29) is 42.4 Å². The number of methoxy groups -OCH3 is 2. The maximum absolute atomic E-state index is 14.2. The third-order valence-electron chi connectivity index (χ3n) is 11.7. The molecule has 3 aromatic carbocycles. The molecule has 7 unspecified atom stereocenters. The monoisotopic (exact) mass is 758 g/mol. The summed E-state index contributed by atoms with van der Waals surface area (Å²) in [5.74, 6) is 0.516. The number of rotatable bonds is 6. The van der Waals surface area contributed by atoms with Crippen LogP contribution >= 0.6 is 12.6 Å². The van der Waals surface area contributed by atoms with Gasteiger partial charge in [-0.1, -0.05) is 6.07 Å². The number of ether oxygens (including phenoxy) is 6. The number of aromatic hydroxyl groups is 2. The second kappa shape index (κ2) is 13.5. The van der Waals surface area contributed by atoms with E-state index in [1.807, 2.05) is 24.9 Å². The van der Waals surface area contributed by atoms with E-state index >= 15 is 0 Å². The van der Waals surface area contributed by atoms with Crippen LogP contribution in [0.2, 0.25) is 0 Å². The number of fused-ring (bicyclic) bond motifs is 10. The smallest absolute Gasteiger partial charge is 0.327 e. The van der Waals surface area contributed by atoms with Gasteiger partial charge in [0.2, 0.25) is 6.79 Å². The predicted octanol–water partition coefficient (Wildman–Crippen LogP) is 4.02. The third-order valence-corrected chi connectivity index (χ3v) is 12.3. The largest absolute Gasteiger partial charge is 0.504 e. The van der Waals surface area contributed by atoms with Crippen LogP contribution in [0.3, 0.4) is 0 Å². The van der Waals surface area contributed by atoms with Crippen LogP contribution in [-0.4, -0.2) is 91.3 Å². The number of hydrogen-bond donors (Lipinski definition) is 4. The topological polar surface area (TPSA) is 172 Å². The molecule has 7 atom stereocenters. The number of piperazine rings is 1. The number of esters is 2. The Morgan fingerprint density at radius 2 is 1.81 bits per heavy atom. The van der Waals surface area contributed by atoms with Crippen LogP contribution in [0.4, 0.5) is 0 Å². The van der Waals surface area contributed by atoms with Crippen LogP contribution in [0.25, 0.3) is 0 Å². The number of carbonyl (C=O) groups excluding carboxylic acids is 2. The lowest BCUT2D eigenvalue weighted by atomic mass is 9.71. The molecule has 15 heteroatoms. The Morgan fingerprint density at radius 1 is 1.06 bits per heavy atom. The molecule has 0 radical (unpaired) electrons. The van der Waals surface area contributed by atoms with Gasteiger partial charge < -0.3 is 44.0 Å². The van der Waals surface area contributed by atoms with Crippen molar-refractivity contribution < 1.29 is 48.2 Å². The molecule has 8 rings (SSSR count). The van der Waals surface area contributed by atoms with Crippen LogP contribution in [0, 0.1) is 25.2 Å². The van der Waals surface area contributed by atoms with Gasteiger partial charge in [-0.05, 0) is 68.1 Å². The molecule has 2 bridgehead atoms. The summed E-state index contributed by atoms with van der Waals surface area (Å²) >= 11 is 5.29. The highest BCUT2D eigenvalue weighted by Gasteiger charge is 2.59. The number of nitrogens with one attached hydrogen (secondary N) is 1. The van der Waals surface area contributed by atoms with E-state index in [1.165, 1.54) is 21.1 Å². The van der Waals surface area contributed by atoms with Crippen LogP contribution < -0.4 is 29.0 Å². The van der Waals surface area contributed by atoms with E-state index in [0.717, 1.165) is 16.7 Å². The summed E-state index contributed by atoms with van der Waals surface area (Å²) < 4.78 is 35.3. The molecule has 5 heterocycles. The number of phenolic OH excluding ortho intramolecular Hbond substituents is 2. The van der Waals surface area contributed by atoms with Crippen LogP contribution in [0.5, 0.6) is 40.2 Å². The van der Waals surface area contributed by atoms with E-state index < -0.39 is 47.4 Å². The first-order valence-electron chi connectivity index (χ1n) is 17.8. The van der Waals surface area contributed by atoms with Crippen LogP contribution in [0.1, 0.15) is 74.8 Å². The first kappa shape index (κ1) is 36.1. The zero-order valence-electron chi connectivity index (χ0n) is 30.8. The van der Waals surface area contributed by atoms with Gasteiger partial charge in [-0.2, -0.15) is 17.9 Å². The minimum Gasteiger partial charge on any atom is -0.504 e. The van der Waals surface area contributed by atoms with Gasteiger partial charge in [0.05, 0.1) is 32.4 Å². The van der Waals surface area contributed by atoms with E-state index in [2.05, 4.69) is 16.3 Å². The molecular weight excluding hydrogens is 717 g/mol. The van der Waals surface area contributed by atoms with E-state index in [1.54, 1.807) is 19.1 Å². The van der Waals surface area contributed by atoms with Crippen molar-refractivity contribution in [1.29, 1.82) is 5.26 Å². The van der Waals surface area contributed by atoms with Crippen molar-refractivity contribution in [2.75, 3.05) is 41.2 Å². The molecule has 5 aliphatic heterocycles. The maximum atomic E-state index is 14.2. The highest BCUT2D eigenvalue weighted by Crippen LogP contribution is 2.62. The molecule has 0 spiro atoms. The Balaban J connectivity index is 1.30. The van der Waals surface area contributed by atoms with Crippen molar-refractivity contribution in [2.24, 2.45) is 0 Å². The summed E-state index contributed by atoms with van der Waals surface area (Å²) in [7, 11) is 4.90. The van der Waals surface area contributed by atoms with Crippen molar-refractivity contribution in [3.8, 4) is 46.3 Å². The van der Waals surface area contributed by atoms with Gasteiger partial charge in [0.1, 0.15) is 24.4 Å². The normalized spacial score (nSPS) is 26.4. The van der Waals surface area contributed by atoms with Crippen molar-refractivity contribution in [1.82, 2.24) is 15.1 Å². The molecule has 14 nitrogen and oxygen atoms in total. The molecule has 0 saturated carbocycles. The van der Waals surface area contributed by atoms with E-state index in [0.29, 0.717) is 64.5 Å². The van der Waals surface area contributed by atoms with Crippen molar-refractivity contribution in [3.63, 3.8) is 0 Å². The second-order valence-electron chi connectivity index (χ2n) is 14.4. The van der Waals surface area contributed by atoms with Crippen LogP contribution in [0.15, 0.2) is 18.2 Å². The Labute approximate surface area is 317 Å². The minimum atomic E-state index is -0.863. The average Bonchev–Trinajstić information content (AvgIpc) is 3.63. The predicted molar refractivity (Wildman–Crippen MR) is 196 cm³/mol. The molecule has 0 aliphatic carbocycles. The molecule has 1 saturated heterocycles. The Kier molecular flexibility index (Phi) is 9.00. The fourth-order valence-electron chi connectivity index (χ4n) is 9.47. The molecule has 3 N–H and O–H groups in total. The molecule has 284 valence electrons. The highest BCUT2D eigenvalue weighted by molar-refractivity contribution is 7.80. The number of benzene rings is 3. The lowest BCUT2D eigenvalue weighted by Crippen LogP contribution is -2.69. The number of thiol groups is 1. The second-order valence-corrected chi connectivity index (χ2v) is 15.0. The standard InChI is InChI=1S/C39H42N4O10S/c1-16-9-20-10-22-23(13-40)43-24(14-50-39(47)30-21-12-26(48-5)25(45)11-19(21)7-8-41-30)28-29(35(53-18(3)44)17(2)36-37(28)52-15-51-36)38(54)32(43)31(42(22)4)27(20)33(46)34(16)49-6/h9,11-12,22-24,30-32,38,41,45-46,54H,7-8,10,14-15H2,1-6H3. The number of phenols is 2. The molecular formula is C39H42N4O10S. The quantitative estimate of drug-likeness (QED) is 0.161. The number of hydrogen-bond acceptors (Lipinski definition) is 15. The first-order valence-corrected chi connectivity index (χ1v) is 18.3.